The van der Waals surface area contributed by atoms with Crippen molar-refractivity contribution in [3.63, 3.8) is 0 Å². The van der Waals surface area contributed by atoms with Crippen molar-refractivity contribution < 1.29 is 14.7 Å². The van der Waals surface area contributed by atoms with E-state index in [2.05, 4.69) is 39.0 Å². The van der Waals surface area contributed by atoms with Crippen LogP contribution in [-0.4, -0.2) is 52.1 Å². The van der Waals surface area contributed by atoms with Crippen LogP contribution in [0.15, 0.2) is 18.2 Å². The molecule has 1 aliphatic heterocycles. The molecule has 2 saturated carbocycles. The summed E-state index contributed by atoms with van der Waals surface area (Å²) in [4.78, 5) is 29.3. The number of aliphatic hydroxyl groups is 1. The fraction of sp³-hybridized carbons (Fsp3) is 0.795. The predicted molar refractivity (Wildman–Crippen MR) is 180 cm³/mol. The fourth-order valence-corrected chi connectivity index (χ4v) is 10.1. The standard InChI is InChI=1S/C39H62N2O3/c1-7-15-29(37(43)41-28(4)27(3)40(6)38(41)44)16-13-11-9-8-10-12-14-17-30-25-31-24-26(2)18-19-32(31)33-22-23-39(5)34(36(30)33)20-21-35(39)42/h18-19,24,27-30,33-36,42H,7-17,20-23,25H2,1-6H3. The number of carbonyl (C=O) groups is 2. The molecule has 1 heterocycles. The molecule has 9 atom stereocenters. The molecule has 3 amide bonds. The van der Waals surface area contributed by atoms with Gasteiger partial charge in [0, 0.05) is 13.0 Å². The maximum absolute atomic E-state index is 13.3. The third-order valence-corrected chi connectivity index (χ3v) is 13.1. The lowest BCUT2D eigenvalue weighted by Gasteiger charge is -2.53. The van der Waals surface area contributed by atoms with E-state index < -0.39 is 0 Å². The van der Waals surface area contributed by atoms with Crippen molar-refractivity contribution in [1.29, 1.82) is 0 Å². The first-order valence-electron chi connectivity index (χ1n) is 18.5. The maximum atomic E-state index is 13.3. The number of aliphatic hydroxyl groups excluding tert-OH is 1. The molecule has 44 heavy (non-hydrogen) atoms. The van der Waals surface area contributed by atoms with Crippen LogP contribution in [0.25, 0.3) is 0 Å². The molecular weight excluding hydrogens is 544 g/mol. The number of fused-ring (bicyclic) bond motifs is 5. The quantitative estimate of drug-likeness (QED) is 0.228. The summed E-state index contributed by atoms with van der Waals surface area (Å²) in [6.45, 7) is 10.8. The highest BCUT2D eigenvalue weighted by Crippen LogP contribution is 2.62. The summed E-state index contributed by atoms with van der Waals surface area (Å²) in [6, 6.07) is 7.13. The van der Waals surface area contributed by atoms with Crippen LogP contribution in [0.2, 0.25) is 0 Å². The molecule has 3 aliphatic carbocycles. The molecule has 1 aromatic carbocycles. The van der Waals surface area contributed by atoms with E-state index >= 15 is 0 Å². The van der Waals surface area contributed by atoms with Crippen LogP contribution in [0, 0.1) is 36.0 Å². The topological polar surface area (TPSA) is 60.9 Å². The lowest BCUT2D eigenvalue weighted by molar-refractivity contribution is -0.133. The Labute approximate surface area is 268 Å². The highest BCUT2D eigenvalue weighted by molar-refractivity contribution is 5.97. The summed E-state index contributed by atoms with van der Waals surface area (Å²) in [5.41, 5.74) is 4.76. The number of hydrogen-bond donors (Lipinski definition) is 1. The number of rotatable bonds is 13. The van der Waals surface area contributed by atoms with Crippen molar-refractivity contribution in [2.24, 2.45) is 29.1 Å². The van der Waals surface area contributed by atoms with E-state index in [0.717, 1.165) is 43.9 Å². The molecule has 0 aromatic heterocycles. The van der Waals surface area contributed by atoms with Crippen LogP contribution < -0.4 is 0 Å². The van der Waals surface area contributed by atoms with Crippen molar-refractivity contribution in [2.45, 2.75) is 161 Å². The molecule has 246 valence electrons. The van der Waals surface area contributed by atoms with Gasteiger partial charge in [0.15, 0.2) is 0 Å². The van der Waals surface area contributed by atoms with Gasteiger partial charge in [0.1, 0.15) is 0 Å². The van der Waals surface area contributed by atoms with Gasteiger partial charge in [0.05, 0.1) is 18.2 Å². The van der Waals surface area contributed by atoms with Crippen LogP contribution in [0.3, 0.4) is 0 Å². The number of aryl methyl sites for hydroxylation is 1. The number of unbranched alkanes of at least 4 members (excludes halogenated alkanes) is 6. The first-order chi connectivity index (χ1) is 21.1. The minimum atomic E-state index is -0.127. The second-order valence-corrected chi connectivity index (χ2v) is 15.7. The highest BCUT2D eigenvalue weighted by Gasteiger charge is 2.56. The van der Waals surface area contributed by atoms with Gasteiger partial charge in [-0.25, -0.2) is 4.79 Å². The van der Waals surface area contributed by atoms with Gasteiger partial charge in [-0.15, -0.1) is 0 Å². The zero-order valence-electron chi connectivity index (χ0n) is 28.8. The average Bonchev–Trinajstić information content (AvgIpc) is 3.41. The van der Waals surface area contributed by atoms with Gasteiger partial charge in [0.2, 0.25) is 5.91 Å². The Hall–Kier alpha value is -1.88. The Bertz CT molecular complexity index is 1150. The molecular formula is C39H62N2O3. The third-order valence-electron chi connectivity index (χ3n) is 13.1. The van der Waals surface area contributed by atoms with Gasteiger partial charge in [-0.1, -0.05) is 89.0 Å². The number of nitrogens with zero attached hydrogens (tertiary/aromatic N) is 2. The highest BCUT2D eigenvalue weighted by atomic mass is 16.3. The van der Waals surface area contributed by atoms with Gasteiger partial charge >= 0.3 is 6.03 Å². The van der Waals surface area contributed by atoms with E-state index in [4.69, 9.17) is 0 Å². The average molecular weight is 607 g/mol. The molecule has 4 aliphatic rings. The normalized spacial score (nSPS) is 33.7. The number of amides is 3. The van der Waals surface area contributed by atoms with Crippen LogP contribution >= 0.6 is 0 Å². The van der Waals surface area contributed by atoms with E-state index in [1.165, 1.54) is 76.2 Å². The Morgan fingerprint density at radius 3 is 2.39 bits per heavy atom. The van der Waals surface area contributed by atoms with Crippen molar-refractivity contribution >= 4 is 11.9 Å². The molecule has 1 N–H and O–H groups in total. The van der Waals surface area contributed by atoms with Crippen molar-refractivity contribution in [1.82, 2.24) is 9.80 Å². The summed E-state index contributed by atoms with van der Waals surface area (Å²) in [5, 5.41) is 11.0. The zero-order chi connectivity index (χ0) is 31.6. The largest absolute Gasteiger partial charge is 0.393 e. The molecule has 0 radical (unpaired) electrons. The minimum Gasteiger partial charge on any atom is -0.393 e. The first-order valence-corrected chi connectivity index (χ1v) is 18.5. The fourth-order valence-electron chi connectivity index (χ4n) is 10.1. The SMILES string of the molecule is CCCC(CCCCCCCCCC1Cc2cc(C)ccc2C2CCC3(C)C(O)CCC3C12)C(=O)N1C(=O)N(C)C(C)C1C. The number of urea groups is 1. The Balaban J connectivity index is 1.06. The Morgan fingerprint density at radius 2 is 1.70 bits per heavy atom. The lowest BCUT2D eigenvalue weighted by Crippen LogP contribution is -2.47. The predicted octanol–water partition coefficient (Wildman–Crippen LogP) is 9.04. The molecule has 1 aromatic rings. The van der Waals surface area contributed by atoms with E-state index in [1.807, 2.05) is 20.9 Å². The number of carbonyl (C=O) groups excluding carboxylic acids is 2. The van der Waals surface area contributed by atoms with Crippen LogP contribution in [0.4, 0.5) is 4.79 Å². The van der Waals surface area contributed by atoms with Gasteiger partial charge < -0.3 is 10.0 Å². The smallest absolute Gasteiger partial charge is 0.327 e. The third kappa shape index (κ3) is 6.51. The Kier molecular flexibility index (Phi) is 10.9. The van der Waals surface area contributed by atoms with Gasteiger partial charge in [0.25, 0.3) is 0 Å². The maximum Gasteiger partial charge on any atom is 0.327 e. The Morgan fingerprint density at radius 1 is 1.00 bits per heavy atom. The summed E-state index contributed by atoms with van der Waals surface area (Å²) in [7, 11) is 1.81. The van der Waals surface area contributed by atoms with Crippen LogP contribution in [-0.2, 0) is 11.2 Å². The van der Waals surface area contributed by atoms with Gasteiger partial charge in [-0.05, 0) is 112 Å². The number of likely N-dealkylation sites (N-methyl/N-ethyl adjacent to an activating group) is 1. The van der Waals surface area contributed by atoms with E-state index in [9.17, 15) is 14.7 Å². The second-order valence-electron chi connectivity index (χ2n) is 15.7. The van der Waals surface area contributed by atoms with Crippen molar-refractivity contribution in [3.8, 4) is 0 Å². The van der Waals surface area contributed by atoms with Crippen molar-refractivity contribution in [2.75, 3.05) is 7.05 Å². The second kappa shape index (κ2) is 14.3. The van der Waals surface area contributed by atoms with Crippen LogP contribution in [0.5, 0.6) is 0 Å². The molecule has 9 unspecified atom stereocenters. The van der Waals surface area contributed by atoms with Crippen LogP contribution in [0.1, 0.15) is 147 Å². The van der Waals surface area contributed by atoms with E-state index in [1.54, 1.807) is 20.9 Å². The number of benzene rings is 1. The monoisotopic (exact) mass is 606 g/mol. The molecule has 1 saturated heterocycles. The lowest BCUT2D eigenvalue weighted by atomic mass is 9.52. The first kappa shape index (κ1) is 33.5. The van der Waals surface area contributed by atoms with E-state index in [0.29, 0.717) is 11.8 Å². The van der Waals surface area contributed by atoms with Gasteiger partial charge in [-0.3, -0.25) is 9.69 Å². The summed E-state index contributed by atoms with van der Waals surface area (Å²) < 4.78 is 0. The molecule has 0 bridgehead atoms. The molecule has 5 nitrogen and oxygen atoms in total. The number of hydrogen-bond acceptors (Lipinski definition) is 3. The minimum absolute atomic E-state index is 0.0269. The molecule has 5 rings (SSSR count). The summed E-state index contributed by atoms with van der Waals surface area (Å²) in [5.74, 6) is 2.88. The number of imide groups is 1. The molecule has 3 fully saturated rings. The zero-order valence-corrected chi connectivity index (χ0v) is 28.8. The van der Waals surface area contributed by atoms with E-state index in [-0.39, 0.29) is 41.5 Å². The van der Waals surface area contributed by atoms with Crippen molar-refractivity contribution in [3.05, 3.63) is 34.9 Å². The molecule has 5 heteroatoms. The summed E-state index contributed by atoms with van der Waals surface area (Å²) in [6.07, 6.45) is 18.6. The van der Waals surface area contributed by atoms with Gasteiger partial charge in [-0.2, -0.15) is 0 Å². The summed E-state index contributed by atoms with van der Waals surface area (Å²) >= 11 is 0. The molecule has 0 spiro atoms.